The van der Waals surface area contributed by atoms with Crippen LogP contribution in [-0.2, 0) is 21.3 Å². The van der Waals surface area contributed by atoms with Gasteiger partial charge in [0.2, 0.25) is 0 Å². The van der Waals surface area contributed by atoms with Crippen molar-refractivity contribution < 1.29 is 13.8 Å². The summed E-state index contributed by atoms with van der Waals surface area (Å²) in [7, 11) is 0.310. The van der Waals surface area contributed by atoms with E-state index in [1.807, 2.05) is 31.2 Å². The van der Waals surface area contributed by atoms with E-state index in [9.17, 15) is 4.21 Å². The summed E-state index contributed by atoms with van der Waals surface area (Å²) in [5.74, 6) is 0.920. The van der Waals surface area contributed by atoms with E-state index in [1.54, 1.807) is 19.4 Å². The van der Waals surface area contributed by atoms with Crippen molar-refractivity contribution in [2.24, 2.45) is 0 Å². The molecule has 2 heterocycles. The Morgan fingerprint density at radius 3 is 2.92 bits per heavy atom. The number of para-hydroxylation sites is 2. The highest BCUT2D eigenvalue weighted by molar-refractivity contribution is 7.84. The van der Waals surface area contributed by atoms with Crippen molar-refractivity contribution in [2.45, 2.75) is 17.8 Å². The number of nitrogens with zero attached hydrogens (tertiary/aromatic N) is 2. The molecule has 3 aromatic rings. The molecule has 0 bridgehead atoms. The zero-order chi connectivity index (χ0) is 17.6. The smallest absolute Gasteiger partial charge is 0.197 e. The number of rotatable bonds is 8. The van der Waals surface area contributed by atoms with Crippen molar-refractivity contribution in [3.05, 3.63) is 47.8 Å². The number of methoxy groups -OCH3 is 1. The van der Waals surface area contributed by atoms with Gasteiger partial charge >= 0.3 is 0 Å². The summed E-state index contributed by atoms with van der Waals surface area (Å²) in [6.45, 7) is 3.01. The molecule has 8 heteroatoms. The number of fused-ring (bicyclic) bond motifs is 1. The Morgan fingerprint density at radius 2 is 2.12 bits per heavy atom. The fourth-order valence-electron chi connectivity index (χ4n) is 2.32. The molecule has 1 atom stereocenters. The zero-order valence-corrected chi connectivity index (χ0v) is 14.9. The second-order valence-electron chi connectivity index (χ2n) is 5.42. The van der Waals surface area contributed by atoms with Crippen LogP contribution in [0.1, 0.15) is 11.3 Å². The van der Waals surface area contributed by atoms with Crippen molar-refractivity contribution in [1.29, 1.82) is 0 Å². The van der Waals surface area contributed by atoms with Gasteiger partial charge in [-0.15, -0.1) is 0 Å². The quantitative estimate of drug-likeness (QED) is 0.472. The number of ether oxygens (including phenoxy) is 1. The van der Waals surface area contributed by atoms with E-state index in [-0.39, 0.29) is 5.75 Å². The topological polar surface area (TPSA) is 89.1 Å². The molecule has 132 valence electrons. The number of nitrogens with one attached hydrogen (secondary N) is 2. The predicted octanol–water partition coefficient (Wildman–Crippen LogP) is 2.10. The number of hydrogen-bond donors (Lipinski definition) is 2. The molecule has 0 fully saturated rings. The van der Waals surface area contributed by atoms with Crippen LogP contribution in [0, 0.1) is 6.92 Å². The molecule has 0 aliphatic heterocycles. The third-order valence-corrected chi connectivity index (χ3v) is 4.86. The number of imidazole rings is 1. The van der Waals surface area contributed by atoms with E-state index >= 15 is 0 Å². The fourth-order valence-corrected chi connectivity index (χ4v) is 3.42. The average Bonchev–Trinajstić information content (AvgIpc) is 3.06. The summed E-state index contributed by atoms with van der Waals surface area (Å²) >= 11 is 0. The number of hydrogen-bond acceptors (Lipinski definition) is 6. The lowest BCUT2D eigenvalue weighted by molar-refractivity contribution is 0.135. The molecule has 2 N–H and O–H groups in total. The first-order valence-corrected chi connectivity index (χ1v) is 9.17. The summed E-state index contributed by atoms with van der Waals surface area (Å²) in [5.41, 5.74) is 6.05. The van der Waals surface area contributed by atoms with E-state index in [4.69, 9.17) is 9.57 Å². The molecule has 0 spiro atoms. The standard InChI is InChI=1S/C17H20N4O3S/c1-12-15(18-8-7-16(12)24-19-9-10-23-2)11-25(22)17-20-13-5-3-4-6-14(13)21-17/h3-8,19H,9-11H2,1-2H3,(H,20,21). The van der Waals surface area contributed by atoms with Crippen molar-refractivity contribution in [3.63, 3.8) is 0 Å². The maximum Gasteiger partial charge on any atom is 0.197 e. The van der Waals surface area contributed by atoms with Gasteiger partial charge < -0.3 is 14.6 Å². The van der Waals surface area contributed by atoms with Gasteiger partial charge in [0.1, 0.15) is 0 Å². The Hall–Kier alpha value is -2.29. The van der Waals surface area contributed by atoms with Gasteiger partial charge in [-0.05, 0) is 19.1 Å². The Labute approximate surface area is 148 Å². The molecule has 0 saturated carbocycles. The zero-order valence-electron chi connectivity index (χ0n) is 14.1. The van der Waals surface area contributed by atoms with Crippen molar-refractivity contribution in [1.82, 2.24) is 20.4 Å². The number of H-pyrrole nitrogens is 1. The highest BCUT2D eigenvalue weighted by atomic mass is 32.2. The SMILES string of the molecule is COCCNOc1ccnc(CS(=O)c2nc3ccccc3[nH]2)c1C. The molecule has 0 aliphatic carbocycles. The van der Waals surface area contributed by atoms with Crippen LogP contribution in [0.15, 0.2) is 41.7 Å². The second kappa shape index (κ2) is 8.19. The Balaban J connectivity index is 1.72. The highest BCUT2D eigenvalue weighted by Gasteiger charge is 2.15. The molecule has 2 aromatic heterocycles. The largest absolute Gasteiger partial charge is 0.408 e. The molecule has 0 aliphatic rings. The fraction of sp³-hybridized carbons (Fsp3) is 0.294. The molecule has 1 unspecified atom stereocenters. The lowest BCUT2D eigenvalue weighted by Gasteiger charge is -2.11. The molecular weight excluding hydrogens is 340 g/mol. The molecule has 25 heavy (non-hydrogen) atoms. The highest BCUT2D eigenvalue weighted by Crippen LogP contribution is 2.21. The van der Waals surface area contributed by atoms with Crippen LogP contribution in [0.2, 0.25) is 0 Å². The lowest BCUT2D eigenvalue weighted by Crippen LogP contribution is -2.23. The number of hydroxylamine groups is 1. The molecular formula is C17H20N4O3S. The number of aromatic nitrogens is 3. The van der Waals surface area contributed by atoms with E-state index in [2.05, 4.69) is 20.4 Å². The van der Waals surface area contributed by atoms with Gasteiger partial charge in [-0.2, -0.15) is 5.48 Å². The third kappa shape index (κ3) is 4.22. The lowest BCUT2D eigenvalue weighted by atomic mass is 10.2. The van der Waals surface area contributed by atoms with E-state index in [1.165, 1.54) is 0 Å². The molecule has 3 rings (SSSR count). The van der Waals surface area contributed by atoms with E-state index in [0.29, 0.717) is 29.8 Å². The van der Waals surface area contributed by atoms with Crippen molar-refractivity contribution >= 4 is 21.8 Å². The number of aromatic amines is 1. The van der Waals surface area contributed by atoms with Crippen LogP contribution in [0.3, 0.4) is 0 Å². The van der Waals surface area contributed by atoms with Crippen LogP contribution >= 0.6 is 0 Å². The van der Waals surface area contributed by atoms with Crippen LogP contribution in [-0.4, -0.2) is 39.4 Å². The Morgan fingerprint density at radius 1 is 1.28 bits per heavy atom. The van der Waals surface area contributed by atoms with Crippen LogP contribution in [0.4, 0.5) is 0 Å². The monoisotopic (exact) mass is 360 g/mol. The minimum Gasteiger partial charge on any atom is -0.408 e. The van der Waals surface area contributed by atoms with Gasteiger partial charge in [0.05, 0.1) is 46.4 Å². The van der Waals surface area contributed by atoms with Crippen molar-refractivity contribution in [3.8, 4) is 5.75 Å². The normalized spacial score (nSPS) is 12.4. The van der Waals surface area contributed by atoms with Crippen LogP contribution in [0.25, 0.3) is 11.0 Å². The third-order valence-electron chi connectivity index (χ3n) is 3.70. The minimum atomic E-state index is -1.32. The summed E-state index contributed by atoms with van der Waals surface area (Å²) in [6.07, 6.45) is 1.64. The molecule has 0 amide bonds. The molecule has 7 nitrogen and oxygen atoms in total. The second-order valence-corrected chi connectivity index (χ2v) is 6.79. The number of pyridine rings is 1. The first-order chi connectivity index (χ1) is 12.2. The first kappa shape index (κ1) is 17.5. The Bertz CT molecular complexity index is 848. The summed E-state index contributed by atoms with van der Waals surface area (Å²) < 4.78 is 17.6. The van der Waals surface area contributed by atoms with Gasteiger partial charge in [0.25, 0.3) is 0 Å². The van der Waals surface area contributed by atoms with Gasteiger partial charge in [-0.25, -0.2) is 4.98 Å². The minimum absolute atomic E-state index is 0.265. The predicted molar refractivity (Wildman–Crippen MR) is 95.7 cm³/mol. The van der Waals surface area contributed by atoms with Crippen LogP contribution in [0.5, 0.6) is 5.75 Å². The summed E-state index contributed by atoms with van der Waals surface area (Å²) in [6, 6.07) is 9.38. The molecule has 0 radical (unpaired) electrons. The van der Waals surface area contributed by atoms with Crippen LogP contribution < -0.4 is 10.3 Å². The van der Waals surface area contributed by atoms with Gasteiger partial charge in [0.15, 0.2) is 10.9 Å². The van der Waals surface area contributed by atoms with E-state index < -0.39 is 10.8 Å². The first-order valence-electron chi connectivity index (χ1n) is 7.85. The van der Waals surface area contributed by atoms with Gasteiger partial charge in [-0.3, -0.25) is 9.19 Å². The summed E-state index contributed by atoms with van der Waals surface area (Å²) in [5, 5.41) is 0.451. The summed E-state index contributed by atoms with van der Waals surface area (Å²) in [4.78, 5) is 17.3. The molecule has 0 saturated heterocycles. The average molecular weight is 360 g/mol. The van der Waals surface area contributed by atoms with Gasteiger partial charge in [0, 0.05) is 24.9 Å². The Kier molecular flexibility index (Phi) is 5.75. The van der Waals surface area contributed by atoms with Crippen molar-refractivity contribution in [2.75, 3.05) is 20.3 Å². The molecule has 1 aromatic carbocycles. The van der Waals surface area contributed by atoms with E-state index in [0.717, 1.165) is 16.6 Å². The maximum atomic E-state index is 12.7. The van der Waals surface area contributed by atoms with Gasteiger partial charge in [-0.1, -0.05) is 12.1 Å². The number of benzene rings is 1. The maximum absolute atomic E-state index is 12.7.